The molecule has 1 aromatic carbocycles. The van der Waals surface area contributed by atoms with E-state index in [4.69, 9.17) is 34.8 Å². The molecule has 0 amide bonds. The number of benzene rings is 1. The molecule has 0 saturated heterocycles. The summed E-state index contributed by atoms with van der Waals surface area (Å²) in [6, 6.07) is 8.14. The van der Waals surface area contributed by atoms with Crippen molar-refractivity contribution >= 4 is 51.4 Å². The van der Waals surface area contributed by atoms with Crippen molar-refractivity contribution in [1.29, 1.82) is 0 Å². The number of alkyl halides is 2. The number of anilines is 1. The molecule has 0 aliphatic carbocycles. The summed E-state index contributed by atoms with van der Waals surface area (Å²) in [7, 11) is 0. The highest BCUT2D eigenvalue weighted by Crippen LogP contribution is 2.29. The van der Waals surface area contributed by atoms with Crippen LogP contribution >= 0.6 is 34.8 Å². The molecule has 6 heteroatoms. The molecule has 0 aliphatic rings. The predicted molar refractivity (Wildman–Crippen MR) is 107 cm³/mol. The maximum Gasteiger partial charge on any atom is 0.0737 e. The van der Waals surface area contributed by atoms with Gasteiger partial charge in [-0.15, -0.1) is 23.2 Å². The molecule has 24 heavy (non-hydrogen) atoms. The number of nitrogens with one attached hydrogen (secondary N) is 1. The highest BCUT2D eigenvalue weighted by molar-refractivity contribution is 6.36. The van der Waals surface area contributed by atoms with Crippen LogP contribution in [0.3, 0.4) is 0 Å². The van der Waals surface area contributed by atoms with Crippen molar-refractivity contribution in [3.05, 3.63) is 35.5 Å². The zero-order valence-corrected chi connectivity index (χ0v) is 16.2. The molecule has 0 aliphatic heterocycles. The summed E-state index contributed by atoms with van der Waals surface area (Å²) in [5, 5.41) is 5.28. The van der Waals surface area contributed by atoms with Crippen LogP contribution < -0.4 is 5.32 Å². The Morgan fingerprint density at radius 3 is 2.58 bits per heavy atom. The van der Waals surface area contributed by atoms with Gasteiger partial charge in [0.05, 0.1) is 10.5 Å². The minimum Gasteiger partial charge on any atom is -0.382 e. The molecule has 2 aromatic rings. The van der Waals surface area contributed by atoms with Crippen molar-refractivity contribution in [3.63, 3.8) is 0 Å². The Kier molecular flexibility index (Phi) is 8.40. The van der Waals surface area contributed by atoms with Gasteiger partial charge >= 0.3 is 0 Å². The van der Waals surface area contributed by atoms with E-state index in [1.54, 1.807) is 0 Å². The first-order valence-electron chi connectivity index (χ1n) is 8.29. The second kappa shape index (κ2) is 10.3. The maximum absolute atomic E-state index is 6.35. The Morgan fingerprint density at radius 2 is 1.88 bits per heavy atom. The highest BCUT2D eigenvalue weighted by atomic mass is 35.5. The second-order valence-electron chi connectivity index (χ2n) is 5.90. The molecule has 0 saturated carbocycles. The van der Waals surface area contributed by atoms with E-state index in [9.17, 15) is 0 Å². The summed E-state index contributed by atoms with van der Waals surface area (Å²) in [5.41, 5.74) is 1.95. The summed E-state index contributed by atoms with van der Waals surface area (Å²) in [4.78, 5) is 6.69. The van der Waals surface area contributed by atoms with Crippen LogP contribution in [0.2, 0.25) is 5.02 Å². The number of nitrogens with zero attached hydrogens (tertiary/aromatic N) is 2. The average molecular weight is 389 g/mol. The first-order chi connectivity index (χ1) is 11.7. The summed E-state index contributed by atoms with van der Waals surface area (Å²) in [6.07, 6.45) is 3.98. The van der Waals surface area contributed by atoms with E-state index < -0.39 is 0 Å². The summed E-state index contributed by atoms with van der Waals surface area (Å²) in [6.45, 7) is 4.99. The van der Waals surface area contributed by atoms with Gasteiger partial charge in [-0.1, -0.05) is 17.7 Å². The Bertz CT molecular complexity index is 625. The normalized spacial score (nSPS) is 12.7. The van der Waals surface area contributed by atoms with Crippen molar-refractivity contribution in [2.75, 3.05) is 36.7 Å². The lowest BCUT2D eigenvalue weighted by Crippen LogP contribution is -2.30. The van der Waals surface area contributed by atoms with Crippen LogP contribution in [0.1, 0.15) is 19.8 Å². The number of hydrogen-bond acceptors (Lipinski definition) is 3. The van der Waals surface area contributed by atoms with Gasteiger partial charge in [0.15, 0.2) is 0 Å². The molecule has 1 heterocycles. The van der Waals surface area contributed by atoms with Crippen molar-refractivity contribution in [2.24, 2.45) is 0 Å². The summed E-state index contributed by atoms with van der Waals surface area (Å²) < 4.78 is 0. The quantitative estimate of drug-likeness (QED) is 0.563. The number of rotatable bonds is 10. The van der Waals surface area contributed by atoms with Gasteiger partial charge in [0.25, 0.3) is 0 Å². The molecule has 0 radical (unpaired) electrons. The molecule has 0 bridgehead atoms. The molecule has 0 spiro atoms. The van der Waals surface area contributed by atoms with Crippen molar-refractivity contribution < 1.29 is 0 Å². The smallest absolute Gasteiger partial charge is 0.0737 e. The monoisotopic (exact) mass is 387 g/mol. The van der Waals surface area contributed by atoms with Crippen molar-refractivity contribution in [1.82, 2.24) is 9.88 Å². The van der Waals surface area contributed by atoms with Gasteiger partial charge in [-0.25, -0.2) is 0 Å². The lowest BCUT2D eigenvalue weighted by molar-refractivity contribution is 0.298. The van der Waals surface area contributed by atoms with Gasteiger partial charge in [0, 0.05) is 48.2 Å². The summed E-state index contributed by atoms with van der Waals surface area (Å²) in [5.74, 6) is 1.29. The fourth-order valence-corrected chi connectivity index (χ4v) is 3.57. The average Bonchev–Trinajstić information content (AvgIpc) is 2.55. The van der Waals surface area contributed by atoms with Gasteiger partial charge in [0.1, 0.15) is 0 Å². The Morgan fingerprint density at radius 1 is 1.12 bits per heavy atom. The van der Waals surface area contributed by atoms with Crippen LogP contribution in [-0.4, -0.2) is 47.3 Å². The minimum absolute atomic E-state index is 0.348. The Labute approximate surface area is 159 Å². The molecule has 3 nitrogen and oxygen atoms in total. The van der Waals surface area contributed by atoms with Gasteiger partial charge in [-0.05, 0) is 44.5 Å². The van der Waals surface area contributed by atoms with Crippen LogP contribution in [0.15, 0.2) is 30.5 Å². The molecule has 1 N–H and O–H groups in total. The van der Waals surface area contributed by atoms with Crippen LogP contribution in [0.5, 0.6) is 0 Å². The SMILES string of the molecule is CC(CCCN(CCCl)CCCl)Nc1ccnc2cccc(Cl)c12. The van der Waals surface area contributed by atoms with Crippen LogP contribution in [0.25, 0.3) is 10.9 Å². The van der Waals surface area contributed by atoms with Gasteiger partial charge < -0.3 is 10.2 Å². The Hall–Kier alpha value is -0.740. The third kappa shape index (κ3) is 5.66. The molecule has 1 aromatic heterocycles. The summed E-state index contributed by atoms with van der Waals surface area (Å²) >= 11 is 18.0. The first kappa shape index (κ1) is 19.6. The van der Waals surface area contributed by atoms with E-state index in [0.717, 1.165) is 54.1 Å². The zero-order valence-electron chi connectivity index (χ0n) is 13.9. The van der Waals surface area contributed by atoms with Crippen LogP contribution in [-0.2, 0) is 0 Å². The molecular weight excluding hydrogens is 365 g/mol. The van der Waals surface area contributed by atoms with Crippen LogP contribution in [0.4, 0.5) is 5.69 Å². The van der Waals surface area contributed by atoms with E-state index in [1.165, 1.54) is 0 Å². The Balaban J connectivity index is 1.92. The maximum atomic E-state index is 6.35. The molecule has 1 atom stereocenters. The van der Waals surface area contributed by atoms with Crippen molar-refractivity contribution in [3.8, 4) is 0 Å². The molecule has 132 valence electrons. The largest absolute Gasteiger partial charge is 0.382 e. The number of pyridine rings is 1. The second-order valence-corrected chi connectivity index (χ2v) is 7.06. The van der Waals surface area contributed by atoms with E-state index in [-0.39, 0.29) is 0 Å². The molecular formula is C18H24Cl3N3. The topological polar surface area (TPSA) is 28.2 Å². The predicted octanol–water partition coefficient (Wildman–Crippen LogP) is 5.25. The highest BCUT2D eigenvalue weighted by Gasteiger charge is 2.10. The molecule has 2 rings (SSSR count). The fraction of sp³-hybridized carbons (Fsp3) is 0.500. The lowest BCUT2D eigenvalue weighted by atomic mass is 10.1. The lowest BCUT2D eigenvalue weighted by Gasteiger charge is -2.22. The van der Waals surface area contributed by atoms with Crippen LogP contribution in [0, 0.1) is 0 Å². The first-order valence-corrected chi connectivity index (χ1v) is 9.74. The zero-order chi connectivity index (χ0) is 17.4. The minimum atomic E-state index is 0.348. The van der Waals surface area contributed by atoms with E-state index in [0.29, 0.717) is 17.8 Å². The number of hydrogen-bond donors (Lipinski definition) is 1. The standard InChI is InChI=1S/C18H24Cl3N3/c1-14(4-3-11-24(12-8-19)13-9-20)23-17-7-10-22-16-6-2-5-15(21)18(16)17/h2,5-7,10,14H,3-4,8-9,11-13H2,1H3,(H,22,23). The number of fused-ring (bicyclic) bond motifs is 1. The fourth-order valence-electron chi connectivity index (χ4n) is 2.82. The number of halogens is 3. The van der Waals surface area contributed by atoms with Gasteiger partial charge in [-0.2, -0.15) is 0 Å². The van der Waals surface area contributed by atoms with E-state index in [2.05, 4.69) is 22.1 Å². The number of aromatic nitrogens is 1. The molecule has 0 fully saturated rings. The van der Waals surface area contributed by atoms with Gasteiger partial charge in [-0.3, -0.25) is 4.98 Å². The molecule has 1 unspecified atom stereocenters. The van der Waals surface area contributed by atoms with Gasteiger partial charge in [0.2, 0.25) is 0 Å². The third-order valence-corrected chi connectivity index (χ3v) is 4.68. The van der Waals surface area contributed by atoms with E-state index >= 15 is 0 Å². The third-order valence-electron chi connectivity index (χ3n) is 4.03. The van der Waals surface area contributed by atoms with E-state index in [1.807, 2.05) is 30.5 Å². The van der Waals surface area contributed by atoms with Crippen molar-refractivity contribution in [2.45, 2.75) is 25.8 Å².